The number of benzene rings is 1. The van der Waals surface area contributed by atoms with Crippen LogP contribution in [0, 0.1) is 13.8 Å². The van der Waals surface area contributed by atoms with Gasteiger partial charge in [-0.05, 0) is 31.0 Å². The summed E-state index contributed by atoms with van der Waals surface area (Å²) in [6, 6.07) is 8.12. The normalized spacial score (nSPS) is 10.6. The summed E-state index contributed by atoms with van der Waals surface area (Å²) in [5.41, 5.74) is 3.20. The van der Waals surface area contributed by atoms with E-state index in [-0.39, 0.29) is 6.61 Å². The first-order chi connectivity index (χ1) is 9.63. The highest BCUT2D eigenvalue weighted by atomic mass is 16.5. The van der Waals surface area contributed by atoms with Crippen molar-refractivity contribution in [3.63, 3.8) is 0 Å². The number of anilines is 1. The summed E-state index contributed by atoms with van der Waals surface area (Å²) in [6.07, 6.45) is 0. The van der Waals surface area contributed by atoms with E-state index in [4.69, 9.17) is 9.84 Å². The van der Waals surface area contributed by atoms with Crippen LogP contribution in [0.1, 0.15) is 16.8 Å². The summed E-state index contributed by atoms with van der Waals surface area (Å²) in [6.45, 7) is 5.22. The number of nitrogens with one attached hydrogen (secondary N) is 1. The minimum Gasteiger partial charge on any atom is -0.496 e. The first-order valence-corrected chi connectivity index (χ1v) is 6.66. The van der Waals surface area contributed by atoms with Gasteiger partial charge in [0.15, 0.2) is 0 Å². The van der Waals surface area contributed by atoms with Gasteiger partial charge in [0.1, 0.15) is 11.6 Å². The topological polar surface area (TPSA) is 59.3 Å². The van der Waals surface area contributed by atoms with Gasteiger partial charge < -0.3 is 15.2 Å². The lowest BCUT2D eigenvalue weighted by molar-refractivity contribution is 0.270. The van der Waals surface area contributed by atoms with Crippen molar-refractivity contribution in [2.75, 3.05) is 19.0 Å². The number of ether oxygens (including phenoxy) is 1. The molecule has 0 bridgehead atoms. The van der Waals surface area contributed by atoms with Crippen molar-refractivity contribution in [2.24, 2.45) is 0 Å². The zero-order chi connectivity index (χ0) is 14.5. The van der Waals surface area contributed by atoms with Crippen molar-refractivity contribution in [3.8, 4) is 5.75 Å². The van der Waals surface area contributed by atoms with E-state index >= 15 is 0 Å². The Hall–Kier alpha value is -2.01. The Kier molecular flexibility index (Phi) is 4.63. The van der Waals surface area contributed by atoms with E-state index in [0.717, 1.165) is 28.4 Å². The molecule has 1 heterocycles. The second kappa shape index (κ2) is 6.43. The Balaban J connectivity index is 2.08. The van der Waals surface area contributed by atoms with Crippen LogP contribution in [0.3, 0.4) is 0 Å². The number of nitrogens with zero attached hydrogens (tertiary/aromatic N) is 2. The number of aryl methyl sites for hydroxylation is 2. The van der Waals surface area contributed by atoms with Crippen LogP contribution in [0.4, 0.5) is 5.82 Å². The van der Waals surface area contributed by atoms with E-state index in [2.05, 4.69) is 16.5 Å². The molecule has 20 heavy (non-hydrogen) atoms. The molecule has 0 atom stereocenters. The third-order valence-corrected chi connectivity index (χ3v) is 3.16. The Morgan fingerprint density at radius 1 is 1.30 bits per heavy atom. The van der Waals surface area contributed by atoms with Gasteiger partial charge in [-0.25, -0.2) is 4.68 Å². The summed E-state index contributed by atoms with van der Waals surface area (Å²) < 4.78 is 7.10. The van der Waals surface area contributed by atoms with Gasteiger partial charge in [0.25, 0.3) is 0 Å². The van der Waals surface area contributed by atoms with Gasteiger partial charge in [-0.2, -0.15) is 5.10 Å². The maximum Gasteiger partial charge on any atom is 0.124 e. The number of rotatable bonds is 6. The Bertz CT molecular complexity index is 578. The molecule has 0 aliphatic carbocycles. The third-order valence-electron chi connectivity index (χ3n) is 3.16. The van der Waals surface area contributed by atoms with Crippen LogP contribution < -0.4 is 10.1 Å². The summed E-state index contributed by atoms with van der Waals surface area (Å²) in [4.78, 5) is 0. The van der Waals surface area contributed by atoms with Gasteiger partial charge in [-0.15, -0.1) is 0 Å². The average Bonchev–Trinajstić information content (AvgIpc) is 2.78. The van der Waals surface area contributed by atoms with Crippen molar-refractivity contribution in [1.29, 1.82) is 0 Å². The minimum absolute atomic E-state index is 0.0775. The Labute approximate surface area is 119 Å². The third kappa shape index (κ3) is 3.30. The molecule has 108 valence electrons. The highest BCUT2D eigenvalue weighted by Crippen LogP contribution is 2.20. The van der Waals surface area contributed by atoms with Crippen LogP contribution in [0.5, 0.6) is 5.75 Å². The fraction of sp³-hybridized carbons (Fsp3) is 0.400. The van der Waals surface area contributed by atoms with Crippen LogP contribution in [-0.2, 0) is 13.1 Å². The summed E-state index contributed by atoms with van der Waals surface area (Å²) in [7, 11) is 1.68. The minimum atomic E-state index is 0.0775. The molecule has 2 N–H and O–H groups in total. The lowest BCUT2D eigenvalue weighted by atomic mass is 10.1. The van der Waals surface area contributed by atoms with Gasteiger partial charge >= 0.3 is 0 Å². The van der Waals surface area contributed by atoms with Gasteiger partial charge in [0, 0.05) is 12.6 Å². The fourth-order valence-corrected chi connectivity index (χ4v) is 2.12. The van der Waals surface area contributed by atoms with Crippen molar-refractivity contribution in [3.05, 3.63) is 41.1 Å². The van der Waals surface area contributed by atoms with Gasteiger partial charge in [0.05, 0.1) is 26.0 Å². The molecule has 0 aliphatic rings. The molecule has 1 aromatic heterocycles. The first kappa shape index (κ1) is 14.4. The number of methoxy groups -OCH3 is 1. The molecule has 0 aliphatic heterocycles. The molecule has 2 aromatic rings. The Morgan fingerprint density at radius 3 is 2.80 bits per heavy atom. The maximum absolute atomic E-state index is 9.03. The van der Waals surface area contributed by atoms with E-state index in [9.17, 15) is 0 Å². The standard InChI is InChI=1S/C15H21N3O2/c1-11-4-5-13(9-14(11)20-3)10-16-15-8-12(2)17-18(15)6-7-19/h4-5,8-9,16,19H,6-7,10H2,1-3H3. The molecule has 0 spiro atoms. The molecule has 5 nitrogen and oxygen atoms in total. The fourth-order valence-electron chi connectivity index (χ4n) is 2.12. The number of aliphatic hydroxyl groups excluding tert-OH is 1. The van der Waals surface area contributed by atoms with E-state index in [0.29, 0.717) is 13.1 Å². The smallest absolute Gasteiger partial charge is 0.124 e. The summed E-state index contributed by atoms with van der Waals surface area (Å²) >= 11 is 0. The Morgan fingerprint density at radius 2 is 2.10 bits per heavy atom. The first-order valence-electron chi connectivity index (χ1n) is 6.66. The summed E-state index contributed by atoms with van der Waals surface area (Å²) in [5, 5.41) is 16.7. The monoisotopic (exact) mass is 275 g/mol. The largest absolute Gasteiger partial charge is 0.496 e. The average molecular weight is 275 g/mol. The molecule has 0 unspecified atom stereocenters. The second-order valence-electron chi connectivity index (χ2n) is 4.78. The molecular weight excluding hydrogens is 254 g/mol. The van der Waals surface area contributed by atoms with Crippen molar-refractivity contribution in [2.45, 2.75) is 26.9 Å². The molecule has 0 amide bonds. The second-order valence-corrected chi connectivity index (χ2v) is 4.78. The van der Waals surface area contributed by atoms with Crippen molar-refractivity contribution >= 4 is 5.82 Å². The lowest BCUT2D eigenvalue weighted by Gasteiger charge is -2.11. The van der Waals surface area contributed by atoms with Crippen LogP contribution in [-0.4, -0.2) is 28.6 Å². The van der Waals surface area contributed by atoms with E-state index < -0.39 is 0 Å². The highest BCUT2D eigenvalue weighted by Gasteiger charge is 2.05. The van der Waals surface area contributed by atoms with E-state index in [1.54, 1.807) is 11.8 Å². The SMILES string of the molecule is COc1cc(CNc2cc(C)nn2CCO)ccc1C. The van der Waals surface area contributed by atoms with Gasteiger partial charge in [-0.1, -0.05) is 12.1 Å². The molecular formula is C15H21N3O2. The van der Waals surface area contributed by atoms with E-state index in [1.165, 1.54) is 0 Å². The molecule has 0 radical (unpaired) electrons. The number of hydrogen-bond donors (Lipinski definition) is 2. The number of aliphatic hydroxyl groups is 1. The number of hydrogen-bond acceptors (Lipinski definition) is 4. The molecule has 0 fully saturated rings. The summed E-state index contributed by atoms with van der Waals surface area (Å²) in [5.74, 6) is 1.81. The zero-order valence-corrected chi connectivity index (χ0v) is 12.2. The lowest BCUT2D eigenvalue weighted by Crippen LogP contribution is -2.10. The maximum atomic E-state index is 9.03. The zero-order valence-electron chi connectivity index (χ0n) is 12.2. The van der Waals surface area contributed by atoms with Crippen LogP contribution in [0.2, 0.25) is 0 Å². The molecule has 5 heteroatoms. The van der Waals surface area contributed by atoms with Gasteiger partial charge in [0.2, 0.25) is 0 Å². The quantitative estimate of drug-likeness (QED) is 0.847. The predicted molar refractivity (Wildman–Crippen MR) is 79.1 cm³/mol. The molecule has 2 rings (SSSR count). The highest BCUT2D eigenvalue weighted by molar-refractivity contribution is 5.41. The molecule has 1 aromatic carbocycles. The predicted octanol–water partition coefficient (Wildman–Crippen LogP) is 2.11. The van der Waals surface area contributed by atoms with Crippen molar-refractivity contribution < 1.29 is 9.84 Å². The molecule has 0 saturated carbocycles. The van der Waals surface area contributed by atoms with Crippen LogP contribution in [0.15, 0.2) is 24.3 Å². The van der Waals surface area contributed by atoms with Crippen LogP contribution >= 0.6 is 0 Å². The van der Waals surface area contributed by atoms with Crippen LogP contribution in [0.25, 0.3) is 0 Å². The van der Waals surface area contributed by atoms with E-state index in [1.807, 2.05) is 32.0 Å². The number of aromatic nitrogens is 2. The van der Waals surface area contributed by atoms with Gasteiger partial charge in [-0.3, -0.25) is 0 Å². The molecule has 0 saturated heterocycles. The van der Waals surface area contributed by atoms with Crippen molar-refractivity contribution in [1.82, 2.24) is 9.78 Å².